The van der Waals surface area contributed by atoms with Gasteiger partial charge in [-0.2, -0.15) is 0 Å². The molecule has 3 rings (SSSR count). The maximum atomic E-state index is 11.5. The van der Waals surface area contributed by atoms with E-state index >= 15 is 0 Å². The Morgan fingerprint density at radius 2 is 1.94 bits per heavy atom. The van der Waals surface area contributed by atoms with E-state index < -0.39 is 0 Å². The molecular formula is C12H12N2O3. The summed E-state index contributed by atoms with van der Waals surface area (Å²) in [6.07, 6.45) is 0.855. The lowest BCUT2D eigenvalue weighted by Gasteiger charge is -2.08. The van der Waals surface area contributed by atoms with Crippen LogP contribution in [-0.2, 0) is 0 Å². The molecule has 0 saturated carbocycles. The number of nitrogens with zero attached hydrogens (tertiary/aromatic N) is 1. The van der Waals surface area contributed by atoms with Crippen LogP contribution < -0.4 is 15.0 Å². The first-order valence-corrected chi connectivity index (χ1v) is 5.54. The van der Waals surface area contributed by atoms with Crippen LogP contribution in [0.3, 0.4) is 0 Å². The topological polar surface area (TPSA) is 64.2 Å². The van der Waals surface area contributed by atoms with Crippen molar-refractivity contribution >= 4 is 11.0 Å². The number of hydrogen-bond donors (Lipinski definition) is 1. The molecule has 0 aliphatic carbocycles. The minimum absolute atomic E-state index is 0.174. The smallest absolute Gasteiger partial charge is 0.269 e. The Morgan fingerprint density at radius 3 is 2.71 bits per heavy atom. The van der Waals surface area contributed by atoms with Gasteiger partial charge in [-0.25, -0.2) is 4.98 Å². The Balaban J connectivity index is 2.25. The van der Waals surface area contributed by atoms with Gasteiger partial charge in [-0.15, -0.1) is 0 Å². The molecule has 17 heavy (non-hydrogen) atoms. The van der Waals surface area contributed by atoms with Crippen molar-refractivity contribution in [2.24, 2.45) is 0 Å². The highest BCUT2D eigenvalue weighted by Gasteiger charge is 2.12. The summed E-state index contributed by atoms with van der Waals surface area (Å²) >= 11 is 0. The lowest BCUT2D eigenvalue weighted by molar-refractivity contribution is 0.297. The third kappa shape index (κ3) is 1.73. The van der Waals surface area contributed by atoms with Gasteiger partial charge < -0.3 is 14.5 Å². The molecule has 0 fully saturated rings. The predicted octanol–water partition coefficient (Wildman–Crippen LogP) is 1.39. The van der Waals surface area contributed by atoms with E-state index in [0.717, 1.165) is 6.42 Å². The molecule has 0 unspecified atom stereocenters. The Morgan fingerprint density at radius 1 is 1.24 bits per heavy atom. The SMILES string of the molecule is Cc1nc2cc3c(cc2[nH]c1=O)OCCCO3. The fourth-order valence-corrected chi connectivity index (χ4v) is 1.83. The fourth-order valence-electron chi connectivity index (χ4n) is 1.83. The first-order chi connectivity index (χ1) is 8.24. The van der Waals surface area contributed by atoms with E-state index in [2.05, 4.69) is 9.97 Å². The van der Waals surface area contributed by atoms with Crippen molar-refractivity contribution in [2.45, 2.75) is 13.3 Å². The molecule has 1 aliphatic heterocycles. The van der Waals surface area contributed by atoms with Gasteiger partial charge in [0, 0.05) is 18.6 Å². The fraction of sp³-hybridized carbons (Fsp3) is 0.333. The van der Waals surface area contributed by atoms with Gasteiger partial charge in [0.25, 0.3) is 5.56 Å². The highest BCUT2D eigenvalue weighted by molar-refractivity contribution is 5.78. The van der Waals surface area contributed by atoms with Crippen molar-refractivity contribution in [3.05, 3.63) is 28.2 Å². The minimum Gasteiger partial charge on any atom is -0.489 e. The molecule has 88 valence electrons. The number of rotatable bonds is 0. The summed E-state index contributed by atoms with van der Waals surface area (Å²) in [6, 6.07) is 3.57. The van der Waals surface area contributed by atoms with Crippen LogP contribution in [0.5, 0.6) is 11.5 Å². The van der Waals surface area contributed by atoms with E-state index in [1.807, 2.05) is 0 Å². The van der Waals surface area contributed by atoms with Crippen LogP contribution in [-0.4, -0.2) is 23.2 Å². The van der Waals surface area contributed by atoms with Crippen molar-refractivity contribution in [1.82, 2.24) is 9.97 Å². The number of nitrogens with one attached hydrogen (secondary N) is 1. The molecule has 0 atom stereocenters. The first-order valence-electron chi connectivity index (χ1n) is 5.54. The van der Waals surface area contributed by atoms with E-state index in [1.54, 1.807) is 19.1 Å². The molecule has 0 bridgehead atoms. The molecule has 2 heterocycles. The highest BCUT2D eigenvalue weighted by atomic mass is 16.5. The van der Waals surface area contributed by atoms with Gasteiger partial charge in [-0.3, -0.25) is 4.79 Å². The summed E-state index contributed by atoms with van der Waals surface area (Å²) in [6.45, 7) is 2.95. The number of H-pyrrole nitrogens is 1. The first kappa shape index (κ1) is 10.1. The van der Waals surface area contributed by atoms with Gasteiger partial charge >= 0.3 is 0 Å². The monoisotopic (exact) mass is 232 g/mol. The van der Waals surface area contributed by atoms with Crippen molar-refractivity contribution in [3.63, 3.8) is 0 Å². The standard InChI is InChI=1S/C12H12N2O3/c1-7-12(15)14-9-6-11-10(5-8(9)13-7)16-3-2-4-17-11/h5-6H,2-4H2,1H3,(H,14,15). The average molecular weight is 232 g/mol. The molecule has 0 radical (unpaired) electrons. The third-order valence-corrected chi connectivity index (χ3v) is 2.73. The molecule has 0 spiro atoms. The zero-order chi connectivity index (χ0) is 11.8. The summed E-state index contributed by atoms with van der Waals surface area (Å²) < 4.78 is 11.1. The molecular weight excluding hydrogens is 220 g/mol. The Hall–Kier alpha value is -2.04. The van der Waals surface area contributed by atoms with Crippen LogP contribution in [0, 0.1) is 6.92 Å². The number of benzene rings is 1. The number of aromatic amines is 1. The van der Waals surface area contributed by atoms with Crippen LogP contribution >= 0.6 is 0 Å². The summed E-state index contributed by atoms with van der Waals surface area (Å²) in [7, 11) is 0. The van der Waals surface area contributed by atoms with Crippen LogP contribution in [0.1, 0.15) is 12.1 Å². The quantitative estimate of drug-likeness (QED) is 0.745. The van der Waals surface area contributed by atoms with E-state index in [0.29, 0.717) is 41.4 Å². The second-order valence-corrected chi connectivity index (χ2v) is 4.02. The van der Waals surface area contributed by atoms with E-state index in [-0.39, 0.29) is 5.56 Å². The maximum absolute atomic E-state index is 11.5. The number of hydrogen-bond acceptors (Lipinski definition) is 4. The van der Waals surface area contributed by atoms with E-state index in [9.17, 15) is 4.79 Å². The summed E-state index contributed by atoms with van der Waals surface area (Å²) in [5, 5.41) is 0. The zero-order valence-electron chi connectivity index (χ0n) is 9.45. The number of aryl methyl sites for hydroxylation is 1. The third-order valence-electron chi connectivity index (χ3n) is 2.73. The van der Waals surface area contributed by atoms with Gasteiger partial charge in [-0.1, -0.05) is 0 Å². The summed E-state index contributed by atoms with van der Waals surface area (Å²) in [5.74, 6) is 1.35. The normalized spacial score (nSPS) is 14.6. The highest BCUT2D eigenvalue weighted by Crippen LogP contribution is 2.32. The average Bonchev–Trinajstić information content (AvgIpc) is 2.53. The second kappa shape index (κ2) is 3.76. The minimum atomic E-state index is -0.174. The predicted molar refractivity (Wildman–Crippen MR) is 62.7 cm³/mol. The molecule has 5 nitrogen and oxygen atoms in total. The van der Waals surface area contributed by atoms with Crippen LogP contribution in [0.25, 0.3) is 11.0 Å². The molecule has 1 N–H and O–H groups in total. The van der Waals surface area contributed by atoms with E-state index in [1.165, 1.54) is 0 Å². The van der Waals surface area contributed by atoms with Crippen molar-refractivity contribution in [2.75, 3.05) is 13.2 Å². The maximum Gasteiger partial charge on any atom is 0.269 e. The molecule has 5 heteroatoms. The largest absolute Gasteiger partial charge is 0.489 e. The molecule has 0 amide bonds. The summed E-state index contributed by atoms with van der Waals surface area (Å²) in [5.41, 5.74) is 1.66. The Kier molecular flexibility index (Phi) is 2.24. The molecule has 1 aromatic heterocycles. The molecule has 1 aliphatic rings. The van der Waals surface area contributed by atoms with Gasteiger partial charge in [0.1, 0.15) is 5.69 Å². The molecule has 0 saturated heterocycles. The summed E-state index contributed by atoms with van der Waals surface area (Å²) in [4.78, 5) is 18.5. The van der Waals surface area contributed by atoms with Gasteiger partial charge in [0.15, 0.2) is 11.5 Å². The molecule has 1 aromatic carbocycles. The van der Waals surface area contributed by atoms with Crippen molar-refractivity contribution in [3.8, 4) is 11.5 Å². The zero-order valence-corrected chi connectivity index (χ0v) is 9.45. The van der Waals surface area contributed by atoms with Crippen LogP contribution in [0.2, 0.25) is 0 Å². The van der Waals surface area contributed by atoms with Crippen molar-refractivity contribution < 1.29 is 9.47 Å². The second-order valence-electron chi connectivity index (χ2n) is 4.02. The number of fused-ring (bicyclic) bond motifs is 2. The Labute approximate surface area is 97.4 Å². The lowest BCUT2D eigenvalue weighted by atomic mass is 10.2. The number of ether oxygens (including phenoxy) is 2. The molecule has 2 aromatic rings. The van der Waals surface area contributed by atoms with Gasteiger partial charge in [0.2, 0.25) is 0 Å². The lowest BCUT2D eigenvalue weighted by Crippen LogP contribution is -2.11. The van der Waals surface area contributed by atoms with Crippen LogP contribution in [0.4, 0.5) is 0 Å². The van der Waals surface area contributed by atoms with Crippen LogP contribution in [0.15, 0.2) is 16.9 Å². The number of aromatic nitrogens is 2. The van der Waals surface area contributed by atoms with Crippen molar-refractivity contribution in [1.29, 1.82) is 0 Å². The van der Waals surface area contributed by atoms with E-state index in [4.69, 9.17) is 9.47 Å². The van der Waals surface area contributed by atoms with Gasteiger partial charge in [-0.05, 0) is 6.92 Å². The Bertz CT molecular complexity index is 633. The van der Waals surface area contributed by atoms with Gasteiger partial charge in [0.05, 0.1) is 24.2 Å².